The van der Waals surface area contributed by atoms with Crippen LogP contribution in [0.4, 0.5) is 0 Å². The number of fused-ring (bicyclic) bond motifs is 1. The minimum Gasteiger partial charge on any atom is -0.490 e. The maximum absolute atomic E-state index is 12.7. The van der Waals surface area contributed by atoms with Crippen molar-refractivity contribution in [1.29, 1.82) is 0 Å². The molecule has 0 radical (unpaired) electrons. The molecule has 0 saturated heterocycles. The molecule has 1 aromatic carbocycles. The Labute approximate surface area is 175 Å². The van der Waals surface area contributed by atoms with E-state index in [4.69, 9.17) is 4.74 Å². The molecule has 30 heavy (non-hydrogen) atoms. The van der Waals surface area contributed by atoms with Crippen LogP contribution in [0, 0.1) is 6.92 Å². The first-order valence-corrected chi connectivity index (χ1v) is 10.6. The van der Waals surface area contributed by atoms with E-state index in [0.29, 0.717) is 6.54 Å². The summed E-state index contributed by atoms with van der Waals surface area (Å²) in [4.78, 5) is 29.4. The Bertz CT molecular complexity index is 1110. The van der Waals surface area contributed by atoms with Crippen LogP contribution in [0.25, 0.3) is 10.8 Å². The van der Waals surface area contributed by atoms with E-state index in [-0.39, 0.29) is 29.2 Å². The molecule has 0 aliphatic heterocycles. The fraction of sp³-hybridized carbons (Fsp3) is 0.375. The molecule has 1 N–H and O–H groups in total. The number of nitrogens with one attached hydrogen (secondary N) is 1. The van der Waals surface area contributed by atoms with Gasteiger partial charge < -0.3 is 14.6 Å². The van der Waals surface area contributed by atoms with Crippen molar-refractivity contribution in [2.45, 2.75) is 58.2 Å². The quantitative estimate of drug-likeness (QED) is 0.700. The number of benzene rings is 1. The molecule has 6 nitrogen and oxygen atoms in total. The minimum absolute atomic E-state index is 0.0600. The molecule has 0 bridgehead atoms. The number of carbonyl (C=O) groups excluding carboxylic acids is 1. The Morgan fingerprint density at radius 2 is 1.97 bits per heavy atom. The summed E-state index contributed by atoms with van der Waals surface area (Å²) < 4.78 is 7.90. The lowest BCUT2D eigenvalue weighted by atomic mass is 9.92. The third-order valence-electron chi connectivity index (χ3n) is 5.90. The average Bonchev–Trinajstić information content (AvgIpc) is 2.76. The maximum Gasteiger partial charge on any atom is 0.263 e. The number of rotatable bonds is 5. The highest BCUT2D eigenvalue weighted by molar-refractivity contribution is 5.94. The lowest BCUT2D eigenvalue weighted by molar-refractivity contribution is 0.0893. The Morgan fingerprint density at radius 3 is 2.73 bits per heavy atom. The lowest BCUT2D eigenvalue weighted by Gasteiger charge is -2.30. The van der Waals surface area contributed by atoms with E-state index in [2.05, 4.69) is 10.3 Å². The van der Waals surface area contributed by atoms with Gasteiger partial charge in [-0.15, -0.1) is 0 Å². The number of carbonyl (C=O) groups is 1. The summed E-state index contributed by atoms with van der Waals surface area (Å²) in [6.45, 7) is 4.34. The summed E-state index contributed by atoms with van der Waals surface area (Å²) in [5.41, 5.74) is 0.851. The van der Waals surface area contributed by atoms with Crippen molar-refractivity contribution in [2.75, 3.05) is 0 Å². The van der Waals surface area contributed by atoms with Crippen LogP contribution in [0.3, 0.4) is 0 Å². The lowest BCUT2D eigenvalue weighted by Crippen LogP contribution is -2.42. The average molecular weight is 405 g/mol. The van der Waals surface area contributed by atoms with E-state index in [1.807, 2.05) is 50.4 Å². The molecule has 1 aliphatic rings. The molecule has 1 saturated carbocycles. The van der Waals surface area contributed by atoms with Crippen LogP contribution in [0.1, 0.15) is 48.7 Å². The number of hydrogen-bond donors (Lipinski definition) is 1. The van der Waals surface area contributed by atoms with Crippen molar-refractivity contribution in [3.63, 3.8) is 0 Å². The predicted octanol–water partition coefficient (Wildman–Crippen LogP) is 3.84. The van der Waals surface area contributed by atoms with E-state index in [9.17, 15) is 9.59 Å². The van der Waals surface area contributed by atoms with Gasteiger partial charge in [0.2, 0.25) is 0 Å². The van der Waals surface area contributed by atoms with Crippen molar-refractivity contribution in [2.24, 2.45) is 0 Å². The number of aryl methyl sites for hydroxylation is 1. The Hall–Kier alpha value is -3.15. The van der Waals surface area contributed by atoms with Gasteiger partial charge in [-0.25, -0.2) is 0 Å². The number of nitrogens with zero attached hydrogens (tertiary/aromatic N) is 2. The highest BCUT2D eigenvalue weighted by Crippen LogP contribution is 2.29. The van der Waals surface area contributed by atoms with Gasteiger partial charge in [-0.2, -0.15) is 0 Å². The third-order valence-corrected chi connectivity index (χ3v) is 5.90. The van der Waals surface area contributed by atoms with Gasteiger partial charge in [-0.3, -0.25) is 14.6 Å². The van der Waals surface area contributed by atoms with E-state index in [1.165, 1.54) is 0 Å². The summed E-state index contributed by atoms with van der Waals surface area (Å²) >= 11 is 0. The third kappa shape index (κ3) is 4.08. The fourth-order valence-corrected chi connectivity index (χ4v) is 4.20. The molecule has 1 aliphatic carbocycles. The smallest absolute Gasteiger partial charge is 0.263 e. The zero-order valence-electron chi connectivity index (χ0n) is 17.4. The number of aromatic nitrogens is 2. The van der Waals surface area contributed by atoms with Crippen molar-refractivity contribution in [1.82, 2.24) is 14.9 Å². The fourth-order valence-electron chi connectivity index (χ4n) is 4.20. The first kappa shape index (κ1) is 20.1. The van der Waals surface area contributed by atoms with Crippen LogP contribution < -0.4 is 15.6 Å². The van der Waals surface area contributed by atoms with Crippen molar-refractivity contribution >= 4 is 16.7 Å². The zero-order chi connectivity index (χ0) is 21.1. The Morgan fingerprint density at radius 1 is 1.17 bits per heavy atom. The van der Waals surface area contributed by atoms with Gasteiger partial charge in [-0.1, -0.05) is 12.1 Å². The van der Waals surface area contributed by atoms with Gasteiger partial charge in [0.25, 0.3) is 11.5 Å². The van der Waals surface area contributed by atoms with Crippen LogP contribution in [-0.4, -0.2) is 27.6 Å². The molecule has 0 unspecified atom stereocenters. The predicted molar refractivity (Wildman–Crippen MR) is 117 cm³/mol. The second-order valence-corrected chi connectivity index (χ2v) is 7.86. The van der Waals surface area contributed by atoms with E-state index < -0.39 is 0 Å². The minimum atomic E-state index is -0.284. The molecule has 6 heteroatoms. The topological polar surface area (TPSA) is 73.2 Å². The van der Waals surface area contributed by atoms with Gasteiger partial charge in [0, 0.05) is 41.4 Å². The van der Waals surface area contributed by atoms with Gasteiger partial charge in [0.1, 0.15) is 11.3 Å². The molecule has 2 aromatic heterocycles. The van der Waals surface area contributed by atoms with E-state index in [0.717, 1.165) is 47.9 Å². The van der Waals surface area contributed by atoms with Crippen LogP contribution in [0.2, 0.25) is 0 Å². The first-order chi connectivity index (χ1) is 14.6. The molecule has 2 heterocycles. The van der Waals surface area contributed by atoms with E-state index in [1.54, 1.807) is 16.8 Å². The van der Waals surface area contributed by atoms with Gasteiger partial charge in [0.05, 0.1) is 6.10 Å². The standard InChI is InChI=1S/C24H27N3O3/c1-3-27-16(2)7-12-21(24(27)29)23(28)26-18-8-10-19(11-9-18)30-22-6-4-5-17-15-25-14-13-20(17)22/h4-7,12-15,18-19H,3,8-11H2,1-2H3,(H,26,28). The molecule has 1 fully saturated rings. The second kappa shape index (κ2) is 8.69. The maximum atomic E-state index is 12.7. The van der Waals surface area contributed by atoms with Gasteiger partial charge in [0.15, 0.2) is 0 Å². The summed E-state index contributed by atoms with van der Waals surface area (Å²) in [7, 11) is 0. The van der Waals surface area contributed by atoms with Gasteiger partial charge in [-0.05, 0) is 63.8 Å². The van der Waals surface area contributed by atoms with Crippen LogP contribution >= 0.6 is 0 Å². The molecule has 4 rings (SSSR count). The molecule has 0 spiro atoms. The van der Waals surface area contributed by atoms with Gasteiger partial charge >= 0.3 is 0 Å². The van der Waals surface area contributed by atoms with Crippen molar-refractivity contribution < 1.29 is 9.53 Å². The van der Waals surface area contributed by atoms with Crippen molar-refractivity contribution in [3.8, 4) is 5.75 Å². The second-order valence-electron chi connectivity index (χ2n) is 7.86. The summed E-state index contributed by atoms with van der Waals surface area (Å²) in [6.07, 6.45) is 7.12. The monoisotopic (exact) mass is 405 g/mol. The number of amides is 1. The van der Waals surface area contributed by atoms with Crippen LogP contribution in [0.5, 0.6) is 5.75 Å². The SMILES string of the molecule is CCn1c(C)ccc(C(=O)NC2CCC(Oc3cccc4cnccc34)CC2)c1=O. The molecule has 156 valence electrons. The molecular formula is C24H27N3O3. The number of ether oxygens (including phenoxy) is 1. The summed E-state index contributed by atoms with van der Waals surface area (Å²) in [5, 5.41) is 5.17. The molecule has 1 amide bonds. The summed E-state index contributed by atoms with van der Waals surface area (Å²) in [6, 6.07) is 11.5. The summed E-state index contributed by atoms with van der Waals surface area (Å²) in [5.74, 6) is 0.593. The van der Waals surface area contributed by atoms with Crippen LogP contribution in [0.15, 0.2) is 53.6 Å². The van der Waals surface area contributed by atoms with Crippen LogP contribution in [-0.2, 0) is 6.54 Å². The highest BCUT2D eigenvalue weighted by atomic mass is 16.5. The molecular weight excluding hydrogens is 378 g/mol. The number of hydrogen-bond acceptors (Lipinski definition) is 4. The normalized spacial score (nSPS) is 18.9. The number of pyridine rings is 2. The highest BCUT2D eigenvalue weighted by Gasteiger charge is 2.25. The Kier molecular flexibility index (Phi) is 5.84. The van der Waals surface area contributed by atoms with Crippen molar-refractivity contribution in [3.05, 3.63) is 70.4 Å². The largest absolute Gasteiger partial charge is 0.490 e. The molecule has 3 aromatic rings. The Balaban J connectivity index is 1.37. The van der Waals surface area contributed by atoms with E-state index >= 15 is 0 Å². The first-order valence-electron chi connectivity index (χ1n) is 10.6. The molecule has 0 atom stereocenters. The zero-order valence-corrected chi connectivity index (χ0v) is 17.4.